The van der Waals surface area contributed by atoms with Crippen molar-refractivity contribution in [2.24, 2.45) is 11.7 Å². The van der Waals surface area contributed by atoms with Gasteiger partial charge in [-0.05, 0) is 19.8 Å². The third-order valence-corrected chi connectivity index (χ3v) is 4.88. The maximum absolute atomic E-state index is 12.6. The van der Waals surface area contributed by atoms with Crippen LogP contribution in [0.2, 0.25) is 0 Å². The predicted molar refractivity (Wildman–Crippen MR) is 74.8 cm³/mol. The Morgan fingerprint density at radius 2 is 2.21 bits per heavy atom. The van der Waals surface area contributed by atoms with Crippen LogP contribution in [0.15, 0.2) is 0 Å². The quantitative estimate of drug-likeness (QED) is 0.770. The number of carbonyl (C=O) groups is 2. The molecule has 2 aliphatic rings. The highest BCUT2D eigenvalue weighted by Gasteiger charge is 2.39. The Hall–Kier alpha value is -0.750. The summed E-state index contributed by atoms with van der Waals surface area (Å²) in [5.41, 5.74) is 6.00. The maximum Gasteiger partial charge on any atom is 0.329 e. The van der Waals surface area contributed by atoms with Crippen molar-refractivity contribution in [3.05, 3.63) is 0 Å². The highest BCUT2D eigenvalue weighted by Crippen LogP contribution is 2.28. The largest absolute Gasteiger partial charge is 0.464 e. The molecule has 1 aliphatic heterocycles. The molecule has 3 unspecified atom stereocenters. The lowest BCUT2D eigenvalue weighted by Gasteiger charge is -2.36. The molecule has 2 fully saturated rings. The Kier molecular flexibility index (Phi) is 5.10. The summed E-state index contributed by atoms with van der Waals surface area (Å²) in [6.07, 6.45) is 2.76. The molecule has 1 aliphatic carbocycles. The third kappa shape index (κ3) is 3.23. The van der Waals surface area contributed by atoms with Crippen LogP contribution in [-0.2, 0) is 14.3 Å². The van der Waals surface area contributed by atoms with E-state index in [0.29, 0.717) is 18.9 Å². The normalized spacial score (nSPS) is 31.3. The van der Waals surface area contributed by atoms with Crippen LogP contribution in [0.5, 0.6) is 0 Å². The number of amides is 1. The van der Waals surface area contributed by atoms with Crippen LogP contribution in [-0.4, -0.2) is 53.5 Å². The maximum atomic E-state index is 12.6. The molecule has 0 aromatic heterocycles. The summed E-state index contributed by atoms with van der Waals surface area (Å²) in [7, 11) is 0. The Balaban J connectivity index is 2.06. The molecule has 0 bridgehead atoms. The van der Waals surface area contributed by atoms with E-state index in [1.54, 1.807) is 23.6 Å². The molecular formula is C13H22N2O3S. The number of hydrogen-bond acceptors (Lipinski definition) is 5. The van der Waals surface area contributed by atoms with Gasteiger partial charge in [0.05, 0.1) is 12.5 Å². The highest BCUT2D eigenvalue weighted by molar-refractivity contribution is 7.99. The van der Waals surface area contributed by atoms with Gasteiger partial charge >= 0.3 is 5.97 Å². The SMILES string of the molecule is CCOC(=O)C1CSCCN1C(=O)C1CCCC1N. The van der Waals surface area contributed by atoms with E-state index in [9.17, 15) is 9.59 Å². The van der Waals surface area contributed by atoms with Gasteiger partial charge in [-0.25, -0.2) is 4.79 Å². The minimum absolute atomic E-state index is 0.0448. The molecule has 19 heavy (non-hydrogen) atoms. The number of nitrogens with two attached hydrogens (primary N) is 1. The van der Waals surface area contributed by atoms with E-state index in [0.717, 1.165) is 25.0 Å². The second kappa shape index (κ2) is 6.61. The fourth-order valence-electron chi connectivity index (χ4n) is 2.81. The van der Waals surface area contributed by atoms with E-state index in [4.69, 9.17) is 10.5 Å². The third-order valence-electron chi connectivity index (χ3n) is 3.86. The number of carbonyl (C=O) groups excluding carboxylic acids is 2. The van der Waals surface area contributed by atoms with Gasteiger partial charge < -0.3 is 15.4 Å². The second-order valence-electron chi connectivity index (χ2n) is 5.08. The van der Waals surface area contributed by atoms with Crippen molar-refractivity contribution in [3.63, 3.8) is 0 Å². The summed E-state index contributed by atoms with van der Waals surface area (Å²) >= 11 is 1.70. The molecule has 0 aromatic rings. The molecule has 0 aromatic carbocycles. The van der Waals surface area contributed by atoms with Crippen molar-refractivity contribution in [2.45, 2.75) is 38.3 Å². The van der Waals surface area contributed by atoms with Gasteiger partial charge in [0, 0.05) is 24.1 Å². The molecule has 2 N–H and O–H groups in total. The summed E-state index contributed by atoms with van der Waals surface area (Å²) < 4.78 is 5.07. The van der Waals surface area contributed by atoms with Gasteiger partial charge in [0.25, 0.3) is 0 Å². The van der Waals surface area contributed by atoms with Crippen LogP contribution in [0.4, 0.5) is 0 Å². The first-order valence-corrected chi connectivity index (χ1v) is 8.11. The van der Waals surface area contributed by atoms with Gasteiger partial charge in [-0.3, -0.25) is 4.79 Å². The fraction of sp³-hybridized carbons (Fsp3) is 0.846. The molecule has 5 nitrogen and oxygen atoms in total. The minimum atomic E-state index is -0.431. The van der Waals surface area contributed by atoms with Gasteiger partial charge in [-0.1, -0.05) is 6.42 Å². The average Bonchev–Trinajstić information content (AvgIpc) is 2.84. The van der Waals surface area contributed by atoms with Crippen molar-refractivity contribution in [2.75, 3.05) is 24.7 Å². The van der Waals surface area contributed by atoms with Crippen LogP contribution in [0.25, 0.3) is 0 Å². The summed E-state index contributed by atoms with van der Waals surface area (Å²) in [5.74, 6) is 1.16. The fourth-order valence-corrected chi connectivity index (χ4v) is 3.84. The molecule has 3 atom stereocenters. The smallest absolute Gasteiger partial charge is 0.329 e. The Morgan fingerprint density at radius 3 is 2.84 bits per heavy atom. The lowest BCUT2D eigenvalue weighted by atomic mass is 10.0. The molecule has 6 heteroatoms. The number of esters is 1. The zero-order chi connectivity index (χ0) is 13.8. The first-order chi connectivity index (χ1) is 9.15. The van der Waals surface area contributed by atoms with Gasteiger partial charge in [0.1, 0.15) is 6.04 Å². The first kappa shape index (κ1) is 14.7. The number of nitrogens with zero attached hydrogens (tertiary/aromatic N) is 1. The number of hydrogen-bond donors (Lipinski definition) is 1. The minimum Gasteiger partial charge on any atom is -0.464 e. The van der Waals surface area contributed by atoms with Crippen LogP contribution < -0.4 is 5.73 Å². The molecule has 0 spiro atoms. The molecule has 1 saturated heterocycles. The van der Waals surface area contributed by atoms with E-state index >= 15 is 0 Å². The number of thioether (sulfide) groups is 1. The van der Waals surface area contributed by atoms with Crippen LogP contribution in [0, 0.1) is 5.92 Å². The summed E-state index contributed by atoms with van der Waals surface area (Å²) in [4.78, 5) is 26.2. The van der Waals surface area contributed by atoms with Gasteiger partial charge in [0.2, 0.25) is 5.91 Å². The van der Waals surface area contributed by atoms with E-state index < -0.39 is 6.04 Å². The molecule has 0 radical (unpaired) electrons. The zero-order valence-electron chi connectivity index (χ0n) is 11.3. The Bertz CT molecular complexity index is 351. The van der Waals surface area contributed by atoms with Crippen molar-refractivity contribution in [1.82, 2.24) is 4.90 Å². The van der Waals surface area contributed by atoms with E-state index in [1.165, 1.54) is 0 Å². The van der Waals surface area contributed by atoms with Crippen molar-refractivity contribution < 1.29 is 14.3 Å². The standard InChI is InChI=1S/C13H22N2O3S/c1-2-18-13(17)11-8-19-7-6-15(11)12(16)9-4-3-5-10(9)14/h9-11H,2-8,14H2,1H3. The average molecular weight is 286 g/mol. The van der Waals surface area contributed by atoms with Crippen molar-refractivity contribution in [3.8, 4) is 0 Å². The van der Waals surface area contributed by atoms with Gasteiger partial charge in [-0.15, -0.1) is 0 Å². The monoisotopic (exact) mass is 286 g/mol. The predicted octanol–water partition coefficient (Wildman–Crippen LogP) is 0.621. The highest BCUT2D eigenvalue weighted by atomic mass is 32.2. The van der Waals surface area contributed by atoms with Gasteiger partial charge in [0.15, 0.2) is 0 Å². The van der Waals surface area contributed by atoms with Gasteiger partial charge in [-0.2, -0.15) is 11.8 Å². The van der Waals surface area contributed by atoms with E-state index in [1.807, 2.05) is 0 Å². The summed E-state index contributed by atoms with van der Waals surface area (Å²) in [6.45, 7) is 2.76. The van der Waals surface area contributed by atoms with Crippen LogP contribution >= 0.6 is 11.8 Å². The molecule has 2 rings (SSSR count). The van der Waals surface area contributed by atoms with Crippen LogP contribution in [0.3, 0.4) is 0 Å². The molecular weight excluding hydrogens is 264 g/mol. The molecule has 1 heterocycles. The summed E-state index contributed by atoms with van der Waals surface area (Å²) in [5, 5.41) is 0. The second-order valence-corrected chi connectivity index (χ2v) is 6.23. The zero-order valence-corrected chi connectivity index (χ0v) is 12.2. The lowest BCUT2D eigenvalue weighted by molar-refractivity contribution is -0.155. The molecule has 108 valence electrons. The van der Waals surface area contributed by atoms with E-state index in [-0.39, 0.29) is 23.8 Å². The number of rotatable bonds is 3. The van der Waals surface area contributed by atoms with Crippen molar-refractivity contribution in [1.29, 1.82) is 0 Å². The molecule has 1 saturated carbocycles. The molecule has 1 amide bonds. The topological polar surface area (TPSA) is 72.6 Å². The first-order valence-electron chi connectivity index (χ1n) is 6.95. The number of ether oxygens (including phenoxy) is 1. The Morgan fingerprint density at radius 1 is 1.42 bits per heavy atom. The van der Waals surface area contributed by atoms with E-state index in [2.05, 4.69) is 0 Å². The van der Waals surface area contributed by atoms with Crippen molar-refractivity contribution >= 4 is 23.6 Å². The lowest BCUT2D eigenvalue weighted by Crippen LogP contribution is -2.54. The summed E-state index contributed by atoms with van der Waals surface area (Å²) in [6, 6.07) is -0.482. The Labute approximate surface area is 118 Å². The van der Waals surface area contributed by atoms with Crippen LogP contribution in [0.1, 0.15) is 26.2 Å².